The number of H-pyrrole nitrogens is 1. The molecule has 2 heterocycles. The minimum absolute atomic E-state index is 0.333. The average Bonchev–Trinajstić information content (AvgIpc) is 3.07. The molecule has 8 heteroatoms. The van der Waals surface area contributed by atoms with Crippen molar-refractivity contribution in [3.05, 3.63) is 62.8 Å². The second-order valence-corrected chi connectivity index (χ2v) is 6.54. The van der Waals surface area contributed by atoms with Gasteiger partial charge in [-0.1, -0.05) is 49.8 Å². The van der Waals surface area contributed by atoms with Crippen molar-refractivity contribution in [2.75, 3.05) is 5.43 Å². The summed E-state index contributed by atoms with van der Waals surface area (Å²) in [5.74, 6) is 0.433. The van der Waals surface area contributed by atoms with Crippen molar-refractivity contribution in [2.24, 2.45) is 12.1 Å². The molecule has 0 bridgehead atoms. The predicted octanol–water partition coefficient (Wildman–Crippen LogP) is 2.72. The number of rotatable bonds is 7. The van der Waals surface area contributed by atoms with E-state index in [-0.39, 0.29) is 0 Å². The van der Waals surface area contributed by atoms with Gasteiger partial charge in [0, 0.05) is 13.6 Å². The molecule has 0 saturated heterocycles. The molecule has 0 aliphatic rings. The standard InChI is InChI=1S/C20H24N6O2/c1-4-5-13-26-16-17(25(3)20(28)22-18(16)27)21-19(26)24-23-14(2)11-12-15-9-7-6-8-10-15/h6-12H,4-5,13H2,1-3H3,(H,21,24)(H,22,27,28)/b12-11-,23-14?. The van der Waals surface area contributed by atoms with Crippen LogP contribution in [0.25, 0.3) is 17.2 Å². The Kier molecular flexibility index (Phi) is 5.88. The second-order valence-electron chi connectivity index (χ2n) is 6.54. The third-order valence-corrected chi connectivity index (χ3v) is 4.39. The molecule has 8 nitrogen and oxygen atoms in total. The molecule has 3 aromatic rings. The smallest absolute Gasteiger partial charge is 0.303 e. The van der Waals surface area contributed by atoms with Gasteiger partial charge in [0.05, 0.1) is 5.71 Å². The first-order valence-corrected chi connectivity index (χ1v) is 9.24. The molecule has 0 radical (unpaired) electrons. The van der Waals surface area contributed by atoms with Crippen LogP contribution in [0.1, 0.15) is 32.3 Å². The van der Waals surface area contributed by atoms with E-state index in [1.54, 1.807) is 11.6 Å². The van der Waals surface area contributed by atoms with E-state index >= 15 is 0 Å². The normalized spacial score (nSPS) is 12.2. The van der Waals surface area contributed by atoms with Crippen LogP contribution in [0.4, 0.5) is 5.95 Å². The Hall–Kier alpha value is -3.42. The second kappa shape index (κ2) is 8.51. The first kappa shape index (κ1) is 19.3. The highest BCUT2D eigenvalue weighted by atomic mass is 16.2. The van der Waals surface area contributed by atoms with Crippen LogP contribution >= 0.6 is 0 Å². The van der Waals surface area contributed by atoms with Crippen LogP contribution in [0.3, 0.4) is 0 Å². The number of allylic oxidation sites excluding steroid dienone is 1. The van der Waals surface area contributed by atoms with Gasteiger partial charge in [-0.25, -0.2) is 10.2 Å². The number of benzene rings is 1. The summed E-state index contributed by atoms with van der Waals surface area (Å²) < 4.78 is 3.10. The lowest BCUT2D eigenvalue weighted by atomic mass is 10.2. The molecule has 0 aliphatic carbocycles. The lowest BCUT2D eigenvalue weighted by Crippen LogP contribution is -2.29. The SMILES string of the molecule is CCCCn1c(NN=C(C)/C=C\c2ccccc2)nc2c1c(=O)[nH]c(=O)n2C. The van der Waals surface area contributed by atoms with E-state index in [1.165, 1.54) is 4.57 Å². The number of anilines is 1. The number of aromatic nitrogens is 4. The quantitative estimate of drug-likeness (QED) is 0.486. The molecule has 28 heavy (non-hydrogen) atoms. The first-order chi connectivity index (χ1) is 13.5. The van der Waals surface area contributed by atoms with E-state index < -0.39 is 11.2 Å². The Morgan fingerprint density at radius 1 is 1.29 bits per heavy atom. The van der Waals surface area contributed by atoms with Gasteiger partial charge in [-0.15, -0.1) is 0 Å². The summed E-state index contributed by atoms with van der Waals surface area (Å²) in [6.45, 7) is 4.54. The molecule has 1 aromatic carbocycles. The number of imidazole rings is 1. The Bertz CT molecular complexity index is 1140. The van der Waals surface area contributed by atoms with Gasteiger partial charge in [0.25, 0.3) is 5.56 Å². The maximum absolute atomic E-state index is 12.3. The minimum atomic E-state index is -0.491. The Morgan fingerprint density at radius 3 is 2.75 bits per heavy atom. The van der Waals surface area contributed by atoms with E-state index in [0.29, 0.717) is 23.7 Å². The molecule has 3 rings (SSSR count). The number of hydrogen-bond donors (Lipinski definition) is 2. The van der Waals surface area contributed by atoms with Gasteiger partial charge in [-0.2, -0.15) is 10.1 Å². The van der Waals surface area contributed by atoms with Crippen LogP contribution in [0.15, 0.2) is 51.1 Å². The summed E-state index contributed by atoms with van der Waals surface area (Å²) in [5, 5.41) is 4.35. The fourth-order valence-electron chi connectivity index (χ4n) is 2.81. The van der Waals surface area contributed by atoms with Crippen molar-refractivity contribution >= 4 is 28.9 Å². The zero-order valence-corrected chi connectivity index (χ0v) is 16.3. The number of aryl methyl sites for hydroxylation is 2. The fraction of sp³-hybridized carbons (Fsp3) is 0.300. The van der Waals surface area contributed by atoms with Crippen LogP contribution in [-0.4, -0.2) is 24.8 Å². The van der Waals surface area contributed by atoms with Crippen LogP contribution in [-0.2, 0) is 13.6 Å². The van der Waals surface area contributed by atoms with Gasteiger partial charge < -0.3 is 4.57 Å². The van der Waals surface area contributed by atoms with E-state index in [4.69, 9.17) is 0 Å². The van der Waals surface area contributed by atoms with Crippen molar-refractivity contribution in [2.45, 2.75) is 33.2 Å². The Labute approximate surface area is 162 Å². The molecule has 0 fully saturated rings. The molecule has 0 saturated carbocycles. The average molecular weight is 380 g/mol. The Morgan fingerprint density at radius 2 is 2.04 bits per heavy atom. The molecule has 2 N–H and O–H groups in total. The number of unbranched alkanes of at least 4 members (excludes halogenated alkanes) is 1. The maximum Gasteiger partial charge on any atom is 0.329 e. The van der Waals surface area contributed by atoms with Gasteiger partial charge in [0.2, 0.25) is 5.95 Å². The molecular weight excluding hydrogens is 356 g/mol. The number of hydrogen-bond acceptors (Lipinski definition) is 5. The molecule has 2 aromatic heterocycles. The summed E-state index contributed by atoms with van der Waals surface area (Å²) in [6.07, 6.45) is 5.70. The number of nitrogens with one attached hydrogen (secondary N) is 2. The molecule has 0 aliphatic heterocycles. The molecule has 0 unspecified atom stereocenters. The van der Waals surface area contributed by atoms with Gasteiger partial charge in [0.1, 0.15) is 0 Å². The number of hydrazone groups is 1. The van der Waals surface area contributed by atoms with Gasteiger partial charge >= 0.3 is 5.69 Å². The minimum Gasteiger partial charge on any atom is -0.303 e. The van der Waals surface area contributed by atoms with Crippen molar-refractivity contribution in [1.29, 1.82) is 0 Å². The first-order valence-electron chi connectivity index (χ1n) is 9.24. The summed E-state index contributed by atoms with van der Waals surface area (Å²) in [7, 11) is 1.58. The van der Waals surface area contributed by atoms with Gasteiger partial charge in [-0.05, 0) is 25.0 Å². The van der Waals surface area contributed by atoms with E-state index in [1.807, 2.05) is 49.4 Å². The molecule has 146 valence electrons. The largest absolute Gasteiger partial charge is 0.329 e. The zero-order chi connectivity index (χ0) is 20.1. The number of fused-ring (bicyclic) bond motifs is 1. The fourth-order valence-corrected chi connectivity index (χ4v) is 2.81. The molecule has 0 amide bonds. The van der Waals surface area contributed by atoms with Gasteiger partial charge in [-0.3, -0.25) is 14.3 Å². The van der Waals surface area contributed by atoms with Crippen LogP contribution in [0, 0.1) is 0 Å². The van der Waals surface area contributed by atoms with Crippen molar-refractivity contribution < 1.29 is 0 Å². The third-order valence-electron chi connectivity index (χ3n) is 4.39. The molecular formula is C20H24N6O2. The van der Waals surface area contributed by atoms with Crippen LogP contribution in [0.5, 0.6) is 0 Å². The van der Waals surface area contributed by atoms with Crippen molar-refractivity contribution in [1.82, 2.24) is 19.1 Å². The predicted molar refractivity (Wildman–Crippen MR) is 113 cm³/mol. The van der Waals surface area contributed by atoms with E-state index in [2.05, 4.69) is 27.4 Å². The van der Waals surface area contributed by atoms with Crippen molar-refractivity contribution in [3.8, 4) is 0 Å². The van der Waals surface area contributed by atoms with E-state index in [9.17, 15) is 9.59 Å². The number of aromatic amines is 1. The monoisotopic (exact) mass is 380 g/mol. The highest BCUT2D eigenvalue weighted by molar-refractivity contribution is 5.96. The lowest BCUT2D eigenvalue weighted by molar-refractivity contribution is 0.647. The number of nitrogens with zero attached hydrogens (tertiary/aromatic N) is 4. The summed E-state index contributed by atoms with van der Waals surface area (Å²) >= 11 is 0. The lowest BCUT2D eigenvalue weighted by Gasteiger charge is -2.07. The zero-order valence-electron chi connectivity index (χ0n) is 16.3. The maximum atomic E-state index is 12.3. The van der Waals surface area contributed by atoms with Crippen LogP contribution in [0.2, 0.25) is 0 Å². The van der Waals surface area contributed by atoms with Crippen molar-refractivity contribution in [3.63, 3.8) is 0 Å². The Balaban J connectivity index is 1.94. The molecule has 0 atom stereocenters. The topological polar surface area (TPSA) is 97.1 Å². The van der Waals surface area contributed by atoms with Crippen LogP contribution < -0.4 is 16.7 Å². The summed E-state index contributed by atoms with van der Waals surface area (Å²) in [5.41, 5.74) is 4.53. The highest BCUT2D eigenvalue weighted by Crippen LogP contribution is 2.16. The summed E-state index contributed by atoms with van der Waals surface area (Å²) in [4.78, 5) is 31.0. The van der Waals surface area contributed by atoms with Gasteiger partial charge in [0.15, 0.2) is 11.2 Å². The molecule has 0 spiro atoms. The van der Waals surface area contributed by atoms with E-state index in [0.717, 1.165) is 24.1 Å². The third kappa shape index (κ3) is 4.11. The highest BCUT2D eigenvalue weighted by Gasteiger charge is 2.16. The summed E-state index contributed by atoms with van der Waals surface area (Å²) in [6, 6.07) is 9.93.